The highest BCUT2D eigenvalue weighted by molar-refractivity contribution is 5.88. The molecule has 0 amide bonds. The van der Waals surface area contributed by atoms with E-state index >= 15 is 0 Å². The molecule has 3 heteroatoms. The van der Waals surface area contributed by atoms with Gasteiger partial charge in [0.1, 0.15) is 13.2 Å². The largest absolute Gasteiger partial charge is 0.452 e. The van der Waals surface area contributed by atoms with Gasteiger partial charge < -0.3 is 9.84 Å². The quantitative estimate of drug-likeness (QED) is 0.248. The molecule has 10 heavy (non-hydrogen) atoms. The molecule has 0 spiro atoms. The van der Waals surface area contributed by atoms with Crippen molar-refractivity contribution in [2.24, 2.45) is 0 Å². The van der Waals surface area contributed by atoms with Gasteiger partial charge in [0.25, 0.3) is 0 Å². The van der Waals surface area contributed by atoms with E-state index in [0.717, 1.165) is 0 Å². The smallest absolute Gasteiger partial charge is 0.384 e. The Hall–Kier alpha value is -1.27. The molecule has 0 radical (unpaired) electrons. The van der Waals surface area contributed by atoms with Crippen LogP contribution in [0.1, 0.15) is 0 Å². The van der Waals surface area contributed by atoms with Crippen LogP contribution in [0.4, 0.5) is 0 Å². The van der Waals surface area contributed by atoms with E-state index in [2.05, 4.69) is 23.2 Å². The van der Waals surface area contributed by atoms with Crippen molar-refractivity contribution >= 4 is 5.97 Å². The van der Waals surface area contributed by atoms with Crippen LogP contribution in [0.25, 0.3) is 0 Å². The van der Waals surface area contributed by atoms with Crippen molar-refractivity contribution in [3.8, 4) is 11.8 Å². The van der Waals surface area contributed by atoms with E-state index in [0.29, 0.717) is 0 Å². The Morgan fingerprint density at radius 3 is 3.00 bits per heavy atom. The fraction of sp³-hybridized carbons (Fsp3) is 0.286. The zero-order valence-electron chi connectivity index (χ0n) is 5.46. The maximum atomic E-state index is 10.4. The first-order chi connectivity index (χ1) is 4.81. The van der Waals surface area contributed by atoms with Crippen LogP contribution in [0.3, 0.4) is 0 Å². The third-order valence-corrected chi connectivity index (χ3v) is 0.602. The highest BCUT2D eigenvalue weighted by atomic mass is 16.5. The molecule has 0 fully saturated rings. The van der Waals surface area contributed by atoms with Gasteiger partial charge >= 0.3 is 5.97 Å². The molecule has 0 atom stereocenters. The maximum absolute atomic E-state index is 10.4. The molecule has 0 unspecified atom stereocenters. The highest BCUT2D eigenvalue weighted by Gasteiger charge is 1.90. The molecule has 0 aliphatic carbocycles. The minimum absolute atomic E-state index is 0.152. The van der Waals surface area contributed by atoms with E-state index in [-0.39, 0.29) is 13.2 Å². The summed E-state index contributed by atoms with van der Waals surface area (Å²) in [6.45, 7) is 3.16. The molecule has 0 aromatic carbocycles. The van der Waals surface area contributed by atoms with Crippen molar-refractivity contribution < 1.29 is 14.6 Å². The molecule has 0 bridgehead atoms. The van der Waals surface area contributed by atoms with Gasteiger partial charge in [-0.1, -0.05) is 18.6 Å². The Morgan fingerprint density at radius 1 is 1.80 bits per heavy atom. The lowest BCUT2D eigenvalue weighted by molar-refractivity contribution is -0.135. The number of carbonyl (C=O) groups excluding carboxylic acids is 1. The van der Waals surface area contributed by atoms with Gasteiger partial charge in [0.2, 0.25) is 0 Å². The Bertz CT molecular complexity index is 173. The van der Waals surface area contributed by atoms with Gasteiger partial charge in [0.15, 0.2) is 0 Å². The summed E-state index contributed by atoms with van der Waals surface area (Å²) < 4.78 is 4.45. The van der Waals surface area contributed by atoms with E-state index in [1.807, 2.05) is 0 Å². The summed E-state index contributed by atoms with van der Waals surface area (Å²) in [5.74, 6) is 3.57. The van der Waals surface area contributed by atoms with Crippen molar-refractivity contribution in [3.05, 3.63) is 12.7 Å². The summed E-state index contributed by atoms with van der Waals surface area (Å²) in [5, 5.41) is 8.14. The van der Waals surface area contributed by atoms with Crippen LogP contribution < -0.4 is 0 Å². The molecular weight excluding hydrogens is 132 g/mol. The van der Waals surface area contributed by atoms with E-state index in [9.17, 15) is 4.79 Å². The van der Waals surface area contributed by atoms with Gasteiger partial charge in [0.05, 0.1) is 0 Å². The number of hydrogen-bond donors (Lipinski definition) is 1. The number of aliphatic hydroxyl groups excluding tert-OH is 1. The van der Waals surface area contributed by atoms with Gasteiger partial charge in [-0.2, -0.15) is 0 Å². The van der Waals surface area contributed by atoms with Crippen molar-refractivity contribution in [2.45, 2.75) is 0 Å². The minimum atomic E-state index is -0.644. The number of carbonyl (C=O) groups is 1. The molecular formula is C7H8O3. The first-order valence-electron chi connectivity index (χ1n) is 2.68. The normalized spacial score (nSPS) is 7.30. The Balaban J connectivity index is 3.53. The predicted octanol–water partition coefficient (Wildman–Crippen LogP) is -0.289. The number of esters is 1. The summed E-state index contributed by atoms with van der Waals surface area (Å²) >= 11 is 0. The summed E-state index contributed by atoms with van der Waals surface area (Å²) in [6.07, 6.45) is 1.44. The molecule has 0 heterocycles. The van der Waals surface area contributed by atoms with Gasteiger partial charge in [0, 0.05) is 5.92 Å². The zero-order valence-corrected chi connectivity index (χ0v) is 5.46. The van der Waals surface area contributed by atoms with Crippen LogP contribution in [0.5, 0.6) is 0 Å². The van der Waals surface area contributed by atoms with Gasteiger partial charge in [-0.15, -0.1) is 0 Å². The second-order valence-electron chi connectivity index (χ2n) is 1.35. The fourth-order valence-electron chi connectivity index (χ4n) is 0.282. The molecule has 0 rings (SSSR count). The molecule has 54 valence electrons. The summed E-state index contributed by atoms with van der Waals surface area (Å²) in [7, 11) is 0. The van der Waals surface area contributed by atoms with Crippen LogP contribution in [0.15, 0.2) is 12.7 Å². The summed E-state index contributed by atoms with van der Waals surface area (Å²) in [6, 6.07) is 0. The minimum Gasteiger partial charge on any atom is -0.452 e. The third-order valence-electron chi connectivity index (χ3n) is 0.602. The molecule has 1 N–H and O–H groups in total. The second-order valence-corrected chi connectivity index (χ2v) is 1.35. The van der Waals surface area contributed by atoms with Crippen molar-refractivity contribution in [3.63, 3.8) is 0 Å². The van der Waals surface area contributed by atoms with E-state index < -0.39 is 5.97 Å². The molecule has 0 saturated heterocycles. The average molecular weight is 140 g/mol. The maximum Gasteiger partial charge on any atom is 0.384 e. The zero-order chi connectivity index (χ0) is 7.82. The molecule has 3 nitrogen and oxygen atoms in total. The molecule has 0 saturated carbocycles. The van der Waals surface area contributed by atoms with E-state index in [1.165, 1.54) is 6.08 Å². The molecule has 0 aliphatic heterocycles. The number of aliphatic hydroxyl groups is 1. The van der Waals surface area contributed by atoms with Crippen LogP contribution >= 0.6 is 0 Å². The van der Waals surface area contributed by atoms with Gasteiger partial charge in [-0.05, 0) is 0 Å². The monoisotopic (exact) mass is 140 g/mol. The Labute approximate surface area is 59.3 Å². The molecule has 0 aromatic heterocycles. The number of rotatable bonds is 2. The van der Waals surface area contributed by atoms with Crippen molar-refractivity contribution in [2.75, 3.05) is 13.2 Å². The lowest BCUT2D eigenvalue weighted by Crippen LogP contribution is -2.00. The number of hydrogen-bond acceptors (Lipinski definition) is 3. The number of ether oxygens (including phenoxy) is 1. The molecule has 0 aliphatic rings. The summed E-state index contributed by atoms with van der Waals surface area (Å²) in [4.78, 5) is 10.4. The first-order valence-corrected chi connectivity index (χ1v) is 2.68. The predicted molar refractivity (Wildman–Crippen MR) is 36.0 cm³/mol. The Kier molecular flexibility index (Phi) is 5.12. The lowest BCUT2D eigenvalue weighted by Gasteiger charge is -1.90. The standard InChI is InChI=1S/C7H8O3/c1-2-6-10-7(9)4-3-5-8/h2,8H,1,5-6H2. The Morgan fingerprint density at radius 2 is 2.50 bits per heavy atom. The van der Waals surface area contributed by atoms with E-state index in [4.69, 9.17) is 5.11 Å². The van der Waals surface area contributed by atoms with Crippen molar-refractivity contribution in [1.29, 1.82) is 0 Å². The van der Waals surface area contributed by atoms with E-state index in [1.54, 1.807) is 0 Å². The van der Waals surface area contributed by atoms with Crippen LogP contribution in [0, 0.1) is 11.8 Å². The van der Waals surface area contributed by atoms with Crippen LogP contribution in [-0.4, -0.2) is 24.3 Å². The fourth-order valence-corrected chi connectivity index (χ4v) is 0.282. The topological polar surface area (TPSA) is 46.5 Å². The SMILES string of the molecule is C=CCOC(=O)C#CCO. The third kappa shape index (κ3) is 4.88. The van der Waals surface area contributed by atoms with Gasteiger partial charge in [-0.25, -0.2) is 4.79 Å². The lowest BCUT2D eigenvalue weighted by atomic mass is 10.6. The second kappa shape index (κ2) is 5.86. The van der Waals surface area contributed by atoms with Crippen LogP contribution in [-0.2, 0) is 9.53 Å². The van der Waals surface area contributed by atoms with Gasteiger partial charge in [-0.3, -0.25) is 0 Å². The van der Waals surface area contributed by atoms with Crippen molar-refractivity contribution in [1.82, 2.24) is 0 Å². The van der Waals surface area contributed by atoms with Crippen LogP contribution in [0.2, 0.25) is 0 Å². The molecule has 0 aromatic rings. The average Bonchev–Trinajstić information content (AvgIpc) is 1.97. The summed E-state index contributed by atoms with van der Waals surface area (Å²) in [5.41, 5.74) is 0. The highest BCUT2D eigenvalue weighted by Crippen LogP contribution is 1.75. The first kappa shape index (κ1) is 8.73.